The number of piperazine rings is 1. The summed E-state index contributed by atoms with van der Waals surface area (Å²) in [4.78, 5) is 34.6. The number of carbonyl (C=O) groups is 2. The second kappa shape index (κ2) is 10.3. The molecule has 0 bridgehead atoms. The number of nitrogens with zero attached hydrogens (tertiary/aromatic N) is 3. The minimum atomic E-state index is -0.647. The summed E-state index contributed by atoms with van der Waals surface area (Å²) < 4.78 is 6.30. The lowest BCUT2D eigenvalue weighted by atomic mass is 9.76. The molecule has 3 aromatic rings. The molecule has 2 amide bonds. The minimum Gasteiger partial charge on any atom is -0.490 e. The number of para-hydroxylation sites is 2. The number of hydrogen-bond donors (Lipinski definition) is 2. The van der Waals surface area contributed by atoms with E-state index >= 15 is 0 Å². The number of pyridine rings is 1. The van der Waals surface area contributed by atoms with Crippen LogP contribution >= 0.6 is 0 Å². The second-order valence-corrected chi connectivity index (χ2v) is 9.22. The lowest BCUT2D eigenvalue weighted by molar-refractivity contribution is -0.148. The van der Waals surface area contributed by atoms with Crippen molar-refractivity contribution in [2.75, 3.05) is 31.1 Å². The Balaban J connectivity index is 1.25. The summed E-state index contributed by atoms with van der Waals surface area (Å²) in [5.41, 5.74) is 3.77. The molecule has 1 aliphatic heterocycles. The van der Waals surface area contributed by atoms with Gasteiger partial charge in [-0.15, -0.1) is 0 Å². The van der Waals surface area contributed by atoms with E-state index in [9.17, 15) is 14.8 Å². The summed E-state index contributed by atoms with van der Waals surface area (Å²) in [5.74, 6) is -0.949. The number of hydroxylamine groups is 1. The van der Waals surface area contributed by atoms with Crippen LogP contribution in [-0.4, -0.2) is 59.2 Å². The van der Waals surface area contributed by atoms with Crippen LogP contribution in [0, 0.1) is 11.8 Å². The van der Waals surface area contributed by atoms with Crippen molar-refractivity contribution in [1.82, 2.24) is 15.4 Å². The number of rotatable bonds is 5. The topological polar surface area (TPSA) is 95.0 Å². The molecule has 182 valence electrons. The molecule has 2 heterocycles. The second-order valence-electron chi connectivity index (χ2n) is 9.22. The van der Waals surface area contributed by atoms with Gasteiger partial charge in [-0.25, -0.2) is 5.48 Å². The van der Waals surface area contributed by atoms with E-state index in [1.807, 2.05) is 53.4 Å². The molecule has 8 heteroatoms. The van der Waals surface area contributed by atoms with Crippen LogP contribution in [0.5, 0.6) is 5.75 Å². The standard InChI is InChI=1S/C27H30N4O4/c32-26(29-34)23-18-20(35-25-12-13-28-24-9-5-4-8-22(24)25)10-11-21(23)27(33)31-16-14-30(15-17-31)19-6-2-1-3-7-19/h1-9,12-13,20-21,23,34H,10-11,14-18H2,(H,29,32)/t20-,21+,23+/m1/s1. The molecule has 2 aromatic carbocycles. The number of anilines is 1. The minimum absolute atomic E-state index is 0.0147. The van der Waals surface area contributed by atoms with Crippen molar-refractivity contribution in [3.8, 4) is 5.75 Å². The molecule has 0 radical (unpaired) electrons. The lowest BCUT2D eigenvalue weighted by Gasteiger charge is -2.40. The van der Waals surface area contributed by atoms with Crippen molar-refractivity contribution in [1.29, 1.82) is 0 Å². The van der Waals surface area contributed by atoms with Crippen LogP contribution in [0.2, 0.25) is 0 Å². The Morgan fingerprint density at radius 3 is 2.43 bits per heavy atom. The fourth-order valence-corrected chi connectivity index (χ4v) is 5.32. The summed E-state index contributed by atoms with van der Waals surface area (Å²) in [6.45, 7) is 2.72. The van der Waals surface area contributed by atoms with Gasteiger partial charge in [-0.05, 0) is 49.6 Å². The zero-order chi connectivity index (χ0) is 24.2. The quantitative estimate of drug-likeness (QED) is 0.436. The molecule has 3 atom stereocenters. The highest BCUT2D eigenvalue weighted by molar-refractivity contribution is 5.88. The van der Waals surface area contributed by atoms with E-state index in [0.717, 1.165) is 29.7 Å². The van der Waals surface area contributed by atoms with Crippen LogP contribution in [0.25, 0.3) is 10.9 Å². The lowest BCUT2D eigenvalue weighted by Crippen LogP contribution is -2.53. The Morgan fingerprint density at radius 1 is 0.914 bits per heavy atom. The van der Waals surface area contributed by atoms with E-state index in [-0.39, 0.29) is 12.0 Å². The van der Waals surface area contributed by atoms with Crippen LogP contribution in [0.3, 0.4) is 0 Å². The van der Waals surface area contributed by atoms with Crippen molar-refractivity contribution in [2.45, 2.75) is 25.4 Å². The van der Waals surface area contributed by atoms with E-state index in [2.05, 4.69) is 22.0 Å². The molecular formula is C27H30N4O4. The molecular weight excluding hydrogens is 444 g/mol. The zero-order valence-corrected chi connectivity index (χ0v) is 19.5. The maximum Gasteiger partial charge on any atom is 0.247 e. The third-order valence-corrected chi connectivity index (χ3v) is 7.18. The first-order chi connectivity index (χ1) is 17.1. The van der Waals surface area contributed by atoms with Gasteiger partial charge in [0, 0.05) is 43.4 Å². The Morgan fingerprint density at radius 2 is 1.66 bits per heavy atom. The number of carbonyl (C=O) groups excluding carboxylic acids is 2. The number of fused-ring (bicyclic) bond motifs is 1. The summed E-state index contributed by atoms with van der Waals surface area (Å²) in [6, 6.07) is 19.7. The van der Waals surface area contributed by atoms with Gasteiger partial charge in [-0.2, -0.15) is 0 Å². The van der Waals surface area contributed by atoms with Gasteiger partial charge in [0.15, 0.2) is 0 Å². The van der Waals surface area contributed by atoms with Crippen LogP contribution < -0.4 is 15.1 Å². The molecule has 2 N–H and O–H groups in total. The average molecular weight is 475 g/mol. The zero-order valence-electron chi connectivity index (χ0n) is 19.5. The fraction of sp³-hybridized carbons (Fsp3) is 0.370. The van der Waals surface area contributed by atoms with Crippen molar-refractivity contribution in [3.05, 3.63) is 66.9 Å². The predicted molar refractivity (Wildman–Crippen MR) is 132 cm³/mol. The van der Waals surface area contributed by atoms with Crippen LogP contribution in [0.4, 0.5) is 5.69 Å². The van der Waals surface area contributed by atoms with Crippen LogP contribution in [0.1, 0.15) is 19.3 Å². The first-order valence-electron chi connectivity index (χ1n) is 12.2. The summed E-state index contributed by atoms with van der Waals surface area (Å²) in [6.07, 6.45) is 3.03. The molecule has 1 aliphatic carbocycles. The first-order valence-corrected chi connectivity index (χ1v) is 12.2. The third kappa shape index (κ3) is 4.93. The van der Waals surface area contributed by atoms with Gasteiger partial charge in [0.2, 0.25) is 11.8 Å². The van der Waals surface area contributed by atoms with E-state index < -0.39 is 17.7 Å². The molecule has 5 rings (SSSR count). The van der Waals surface area contributed by atoms with Crippen LogP contribution in [0.15, 0.2) is 66.9 Å². The van der Waals surface area contributed by atoms with Gasteiger partial charge in [0.05, 0.1) is 23.5 Å². The maximum atomic E-state index is 13.5. The van der Waals surface area contributed by atoms with Gasteiger partial charge in [0.25, 0.3) is 0 Å². The Labute approximate surface area is 204 Å². The number of aromatic nitrogens is 1. The van der Waals surface area contributed by atoms with E-state index in [4.69, 9.17) is 4.74 Å². The highest BCUT2D eigenvalue weighted by Gasteiger charge is 2.42. The SMILES string of the molecule is O=C(NO)[C@H]1C[C@H](Oc2ccnc3ccccc23)CC[C@@H]1C(=O)N1CCN(c2ccccc2)CC1. The Bertz CT molecular complexity index is 1170. The molecule has 2 aliphatic rings. The number of amides is 2. The molecule has 1 aromatic heterocycles. The maximum absolute atomic E-state index is 13.5. The van der Waals surface area contributed by atoms with Crippen molar-refractivity contribution in [3.63, 3.8) is 0 Å². The van der Waals surface area contributed by atoms with Gasteiger partial charge in [-0.1, -0.05) is 30.3 Å². The number of nitrogens with one attached hydrogen (secondary N) is 1. The van der Waals surface area contributed by atoms with Gasteiger partial charge < -0.3 is 14.5 Å². The summed E-state index contributed by atoms with van der Waals surface area (Å²) in [7, 11) is 0. The smallest absolute Gasteiger partial charge is 0.247 e. The predicted octanol–water partition coefficient (Wildman–Crippen LogP) is 3.25. The number of ether oxygens (including phenoxy) is 1. The van der Waals surface area contributed by atoms with Gasteiger partial charge in [-0.3, -0.25) is 19.8 Å². The van der Waals surface area contributed by atoms with Gasteiger partial charge >= 0.3 is 0 Å². The number of hydrogen-bond acceptors (Lipinski definition) is 6. The van der Waals surface area contributed by atoms with E-state index in [1.54, 1.807) is 11.7 Å². The summed E-state index contributed by atoms with van der Waals surface area (Å²) >= 11 is 0. The normalized spacial score (nSPS) is 22.6. The Kier molecular flexibility index (Phi) is 6.81. The molecule has 0 unspecified atom stereocenters. The molecule has 35 heavy (non-hydrogen) atoms. The molecule has 1 saturated heterocycles. The molecule has 1 saturated carbocycles. The monoisotopic (exact) mass is 474 g/mol. The van der Waals surface area contributed by atoms with Crippen molar-refractivity contribution >= 4 is 28.4 Å². The Hall–Kier alpha value is -3.65. The first kappa shape index (κ1) is 23.1. The highest BCUT2D eigenvalue weighted by atomic mass is 16.5. The van der Waals surface area contributed by atoms with E-state index in [1.165, 1.54) is 0 Å². The van der Waals surface area contributed by atoms with Crippen molar-refractivity contribution in [2.24, 2.45) is 11.8 Å². The van der Waals surface area contributed by atoms with Crippen molar-refractivity contribution < 1.29 is 19.5 Å². The molecule has 0 spiro atoms. The summed E-state index contributed by atoms with van der Waals surface area (Å²) in [5, 5.41) is 10.3. The van der Waals surface area contributed by atoms with Crippen LogP contribution in [-0.2, 0) is 9.59 Å². The highest BCUT2D eigenvalue weighted by Crippen LogP contribution is 2.36. The van der Waals surface area contributed by atoms with Gasteiger partial charge in [0.1, 0.15) is 5.75 Å². The number of benzene rings is 2. The average Bonchev–Trinajstić information content (AvgIpc) is 2.93. The van der Waals surface area contributed by atoms with E-state index in [0.29, 0.717) is 38.1 Å². The third-order valence-electron chi connectivity index (χ3n) is 7.18. The molecule has 8 nitrogen and oxygen atoms in total. The molecule has 2 fully saturated rings. The fourth-order valence-electron chi connectivity index (χ4n) is 5.32. The largest absolute Gasteiger partial charge is 0.490 e.